The van der Waals surface area contributed by atoms with Crippen molar-refractivity contribution in [3.8, 4) is 0 Å². The van der Waals surface area contributed by atoms with Gasteiger partial charge < -0.3 is 10.1 Å². The number of likely N-dealkylation sites (tertiary alicyclic amines) is 1. The van der Waals surface area contributed by atoms with Crippen molar-refractivity contribution in [3.63, 3.8) is 0 Å². The third kappa shape index (κ3) is 3.20. The second-order valence-electron chi connectivity index (χ2n) is 7.41. The molecule has 0 aromatic heterocycles. The Hall–Kier alpha value is -0.120. The summed E-state index contributed by atoms with van der Waals surface area (Å²) >= 11 is 0. The van der Waals surface area contributed by atoms with Crippen LogP contribution in [0.1, 0.15) is 51.4 Å². The Morgan fingerprint density at radius 3 is 2.70 bits per heavy atom. The molecular formula is C17H32N2O. The molecular weight excluding hydrogens is 248 g/mol. The maximum atomic E-state index is 5.84. The van der Waals surface area contributed by atoms with Crippen LogP contribution in [0.25, 0.3) is 0 Å². The van der Waals surface area contributed by atoms with E-state index in [0.717, 1.165) is 31.7 Å². The van der Waals surface area contributed by atoms with Gasteiger partial charge in [0.1, 0.15) is 0 Å². The highest BCUT2D eigenvalue weighted by atomic mass is 16.5. The third-order valence-electron chi connectivity index (χ3n) is 5.85. The molecule has 3 fully saturated rings. The van der Waals surface area contributed by atoms with Crippen LogP contribution in [-0.4, -0.2) is 50.8 Å². The summed E-state index contributed by atoms with van der Waals surface area (Å²) in [5.41, 5.74) is 0.369. The lowest BCUT2D eigenvalue weighted by Crippen LogP contribution is -2.50. The predicted molar refractivity (Wildman–Crippen MR) is 83.0 cm³/mol. The zero-order valence-corrected chi connectivity index (χ0v) is 13.2. The molecule has 2 heterocycles. The summed E-state index contributed by atoms with van der Waals surface area (Å²) in [6.07, 6.45) is 11.3. The first-order valence-electron chi connectivity index (χ1n) is 8.79. The van der Waals surface area contributed by atoms with Crippen molar-refractivity contribution < 1.29 is 4.74 Å². The van der Waals surface area contributed by atoms with Crippen LogP contribution >= 0.6 is 0 Å². The monoisotopic (exact) mass is 280 g/mol. The van der Waals surface area contributed by atoms with Crippen LogP contribution in [0.3, 0.4) is 0 Å². The van der Waals surface area contributed by atoms with Gasteiger partial charge in [-0.05, 0) is 58.0 Å². The molecule has 0 amide bonds. The number of nitrogens with one attached hydrogen (secondary N) is 1. The molecule has 3 aliphatic rings. The van der Waals surface area contributed by atoms with Crippen LogP contribution in [0.2, 0.25) is 0 Å². The minimum Gasteiger partial charge on any atom is -0.381 e. The molecule has 3 rings (SSSR count). The van der Waals surface area contributed by atoms with E-state index in [4.69, 9.17) is 4.74 Å². The quantitative estimate of drug-likeness (QED) is 0.838. The normalized spacial score (nSPS) is 36.8. The molecule has 0 radical (unpaired) electrons. The molecule has 0 bridgehead atoms. The summed E-state index contributed by atoms with van der Waals surface area (Å²) < 4.78 is 5.84. The molecule has 20 heavy (non-hydrogen) atoms. The van der Waals surface area contributed by atoms with Crippen LogP contribution in [0.4, 0.5) is 0 Å². The molecule has 3 nitrogen and oxygen atoms in total. The van der Waals surface area contributed by atoms with Gasteiger partial charge in [0.05, 0.1) is 6.61 Å². The summed E-state index contributed by atoms with van der Waals surface area (Å²) in [4.78, 5) is 2.84. The number of ether oxygens (including phenoxy) is 1. The predicted octanol–water partition coefficient (Wildman–Crippen LogP) is 2.66. The SMILES string of the molecule is CNCC1(CN2CCCC2C2CCCC2)CCCOC1. The molecule has 2 saturated heterocycles. The average molecular weight is 280 g/mol. The van der Waals surface area contributed by atoms with E-state index in [-0.39, 0.29) is 0 Å². The molecule has 1 aliphatic carbocycles. The topological polar surface area (TPSA) is 24.5 Å². The third-order valence-corrected chi connectivity index (χ3v) is 5.85. The van der Waals surface area contributed by atoms with Crippen molar-refractivity contribution in [3.05, 3.63) is 0 Å². The second kappa shape index (κ2) is 6.76. The summed E-state index contributed by atoms with van der Waals surface area (Å²) in [6.45, 7) is 5.63. The van der Waals surface area contributed by atoms with Gasteiger partial charge in [-0.25, -0.2) is 0 Å². The van der Waals surface area contributed by atoms with E-state index in [1.54, 1.807) is 0 Å². The average Bonchev–Trinajstić information content (AvgIpc) is 3.10. The van der Waals surface area contributed by atoms with Gasteiger partial charge in [0, 0.05) is 31.2 Å². The van der Waals surface area contributed by atoms with E-state index in [1.807, 2.05) is 0 Å². The fourth-order valence-electron chi connectivity index (χ4n) is 4.96. The largest absolute Gasteiger partial charge is 0.381 e. The van der Waals surface area contributed by atoms with Gasteiger partial charge in [0.25, 0.3) is 0 Å². The van der Waals surface area contributed by atoms with Crippen molar-refractivity contribution in [2.45, 2.75) is 57.4 Å². The first-order valence-corrected chi connectivity index (χ1v) is 8.79. The van der Waals surface area contributed by atoms with Gasteiger partial charge in [-0.1, -0.05) is 12.8 Å². The lowest BCUT2D eigenvalue weighted by Gasteiger charge is -2.42. The molecule has 2 unspecified atom stereocenters. The van der Waals surface area contributed by atoms with Crippen molar-refractivity contribution in [2.24, 2.45) is 11.3 Å². The van der Waals surface area contributed by atoms with E-state index in [1.165, 1.54) is 64.5 Å². The maximum absolute atomic E-state index is 5.84. The second-order valence-corrected chi connectivity index (χ2v) is 7.41. The Kier molecular flexibility index (Phi) is 5.00. The first-order chi connectivity index (χ1) is 9.83. The van der Waals surface area contributed by atoms with E-state index >= 15 is 0 Å². The van der Waals surface area contributed by atoms with E-state index < -0.39 is 0 Å². The van der Waals surface area contributed by atoms with Crippen molar-refractivity contribution in [1.29, 1.82) is 0 Å². The summed E-state index contributed by atoms with van der Waals surface area (Å²) in [6, 6.07) is 0.883. The fraction of sp³-hybridized carbons (Fsp3) is 1.00. The van der Waals surface area contributed by atoms with Crippen LogP contribution in [0.15, 0.2) is 0 Å². The van der Waals surface area contributed by atoms with E-state index in [2.05, 4.69) is 17.3 Å². The highest BCUT2D eigenvalue weighted by Gasteiger charge is 2.40. The fourth-order valence-corrected chi connectivity index (χ4v) is 4.96. The lowest BCUT2D eigenvalue weighted by atomic mass is 9.81. The molecule has 1 saturated carbocycles. The summed E-state index contributed by atoms with van der Waals surface area (Å²) in [5, 5.41) is 3.43. The van der Waals surface area contributed by atoms with E-state index in [0.29, 0.717) is 5.41 Å². The zero-order chi connectivity index (χ0) is 13.8. The Morgan fingerprint density at radius 2 is 2.00 bits per heavy atom. The Balaban J connectivity index is 1.64. The lowest BCUT2D eigenvalue weighted by molar-refractivity contribution is -0.0305. The molecule has 0 aromatic rings. The van der Waals surface area contributed by atoms with Gasteiger partial charge >= 0.3 is 0 Å². The minimum absolute atomic E-state index is 0.369. The highest BCUT2D eigenvalue weighted by Crippen LogP contribution is 2.38. The molecule has 0 aromatic carbocycles. The van der Waals surface area contributed by atoms with E-state index in [9.17, 15) is 0 Å². The highest BCUT2D eigenvalue weighted by molar-refractivity contribution is 4.93. The van der Waals surface area contributed by atoms with Crippen LogP contribution < -0.4 is 5.32 Å². The standard InChI is InChI=1S/C17H32N2O/c1-18-12-17(9-5-11-20-14-17)13-19-10-4-8-16(19)15-6-2-3-7-15/h15-16,18H,2-14H2,1H3. The molecule has 2 atom stereocenters. The van der Waals surface area contributed by atoms with Gasteiger partial charge in [-0.15, -0.1) is 0 Å². The summed E-state index contributed by atoms with van der Waals surface area (Å²) in [5.74, 6) is 0.994. The Bertz CT molecular complexity index is 290. The Morgan fingerprint density at radius 1 is 1.15 bits per heavy atom. The molecule has 2 aliphatic heterocycles. The Labute approximate surface area is 124 Å². The number of nitrogens with zero attached hydrogens (tertiary/aromatic N) is 1. The van der Waals surface area contributed by atoms with Gasteiger partial charge in [-0.2, -0.15) is 0 Å². The van der Waals surface area contributed by atoms with Crippen molar-refractivity contribution >= 4 is 0 Å². The first kappa shape index (κ1) is 14.8. The van der Waals surface area contributed by atoms with Crippen LogP contribution in [0, 0.1) is 11.3 Å². The molecule has 116 valence electrons. The number of rotatable bonds is 5. The maximum Gasteiger partial charge on any atom is 0.0546 e. The smallest absolute Gasteiger partial charge is 0.0546 e. The van der Waals surface area contributed by atoms with Crippen molar-refractivity contribution in [1.82, 2.24) is 10.2 Å². The van der Waals surface area contributed by atoms with Crippen LogP contribution in [0.5, 0.6) is 0 Å². The summed E-state index contributed by atoms with van der Waals surface area (Å²) in [7, 11) is 2.09. The van der Waals surface area contributed by atoms with Crippen LogP contribution in [-0.2, 0) is 4.74 Å². The minimum atomic E-state index is 0.369. The molecule has 3 heteroatoms. The zero-order valence-electron chi connectivity index (χ0n) is 13.2. The van der Waals surface area contributed by atoms with Gasteiger partial charge in [-0.3, -0.25) is 4.90 Å². The van der Waals surface area contributed by atoms with Crippen molar-refractivity contribution in [2.75, 3.05) is 39.9 Å². The van der Waals surface area contributed by atoms with Gasteiger partial charge in [0.15, 0.2) is 0 Å². The molecule has 0 spiro atoms. The molecule has 1 N–H and O–H groups in total. The number of hydrogen-bond donors (Lipinski definition) is 1. The number of hydrogen-bond acceptors (Lipinski definition) is 3. The van der Waals surface area contributed by atoms with Gasteiger partial charge in [0.2, 0.25) is 0 Å².